The predicted molar refractivity (Wildman–Crippen MR) is 68.9 cm³/mol. The van der Waals surface area contributed by atoms with E-state index in [2.05, 4.69) is 0 Å². The van der Waals surface area contributed by atoms with Crippen LogP contribution in [-0.2, 0) is 16.0 Å². The molecule has 21 heavy (non-hydrogen) atoms. The number of halogens is 4. The molecule has 0 radical (unpaired) electrons. The Kier molecular flexibility index (Phi) is 4.05. The first-order valence-corrected chi connectivity index (χ1v) is 7.91. The number of sulfone groups is 1. The molecule has 0 unspecified atom stereocenters. The van der Waals surface area contributed by atoms with Gasteiger partial charge in [0.2, 0.25) is 14.8 Å². The third-order valence-electron chi connectivity index (χ3n) is 3.73. The largest absolute Gasteiger partial charge is 0.416 e. The molecule has 0 aliphatic heterocycles. The molecule has 1 saturated carbocycles. The normalized spacial score (nSPS) is 27.6. The van der Waals surface area contributed by atoms with Gasteiger partial charge in [-0.2, -0.15) is 13.2 Å². The molecule has 1 fully saturated rings. The second-order valence-corrected chi connectivity index (χ2v) is 7.46. The second-order valence-electron chi connectivity index (χ2n) is 5.25. The molecule has 0 aromatic heterocycles. The standard InChI is InChI=1S/C13H15F4NO2S/c14-12(6-4-10(18)5-7-12)21(19,20)11-3-1-2-9(8-11)13(15,16)17/h1-3,8,10H,4-7,18H2. The Morgan fingerprint density at radius 1 is 1.19 bits per heavy atom. The smallest absolute Gasteiger partial charge is 0.328 e. The Labute approximate surface area is 120 Å². The Balaban J connectivity index is 2.40. The number of rotatable bonds is 2. The van der Waals surface area contributed by atoms with E-state index in [1.807, 2.05) is 0 Å². The van der Waals surface area contributed by atoms with Gasteiger partial charge in [0.1, 0.15) is 0 Å². The van der Waals surface area contributed by atoms with Crippen molar-refractivity contribution in [2.24, 2.45) is 5.73 Å². The maximum Gasteiger partial charge on any atom is 0.416 e. The van der Waals surface area contributed by atoms with Crippen LogP contribution in [0.4, 0.5) is 17.6 Å². The molecule has 3 nitrogen and oxygen atoms in total. The molecule has 1 aliphatic rings. The summed E-state index contributed by atoms with van der Waals surface area (Å²) < 4.78 is 77.3. The molecule has 1 aliphatic carbocycles. The fraction of sp³-hybridized carbons (Fsp3) is 0.538. The lowest BCUT2D eigenvalue weighted by atomic mass is 9.94. The van der Waals surface area contributed by atoms with E-state index in [9.17, 15) is 26.0 Å². The molecule has 8 heteroatoms. The van der Waals surface area contributed by atoms with Gasteiger partial charge < -0.3 is 5.73 Å². The van der Waals surface area contributed by atoms with Crippen molar-refractivity contribution in [3.05, 3.63) is 29.8 Å². The fourth-order valence-corrected chi connectivity index (χ4v) is 4.13. The summed E-state index contributed by atoms with van der Waals surface area (Å²) in [5, 5.41) is -2.55. The fourth-order valence-electron chi connectivity index (χ4n) is 2.39. The van der Waals surface area contributed by atoms with E-state index in [0.717, 1.165) is 18.2 Å². The van der Waals surface area contributed by atoms with Crippen molar-refractivity contribution in [2.45, 2.75) is 47.8 Å². The molecule has 1 aromatic carbocycles. The lowest BCUT2D eigenvalue weighted by Gasteiger charge is -2.32. The maximum atomic E-state index is 14.7. The van der Waals surface area contributed by atoms with Crippen molar-refractivity contribution in [1.82, 2.24) is 0 Å². The van der Waals surface area contributed by atoms with Crippen LogP contribution in [0.2, 0.25) is 0 Å². The zero-order chi connectivity index (χ0) is 15.9. The van der Waals surface area contributed by atoms with Gasteiger partial charge in [0.05, 0.1) is 10.5 Å². The first-order valence-electron chi connectivity index (χ1n) is 6.43. The highest BCUT2D eigenvalue weighted by Gasteiger charge is 2.47. The summed E-state index contributed by atoms with van der Waals surface area (Å²) in [7, 11) is -4.49. The summed E-state index contributed by atoms with van der Waals surface area (Å²) in [6.45, 7) is 0. The molecule has 0 saturated heterocycles. The van der Waals surface area contributed by atoms with Gasteiger partial charge in [-0.3, -0.25) is 0 Å². The van der Waals surface area contributed by atoms with Crippen molar-refractivity contribution in [3.63, 3.8) is 0 Å². The lowest BCUT2D eigenvalue weighted by Crippen LogP contribution is -2.41. The average Bonchev–Trinajstić information content (AvgIpc) is 2.41. The third kappa shape index (κ3) is 3.06. The van der Waals surface area contributed by atoms with Gasteiger partial charge in [-0.1, -0.05) is 6.07 Å². The summed E-state index contributed by atoms with van der Waals surface area (Å²) in [6, 6.07) is 2.91. The molecule has 0 bridgehead atoms. The van der Waals surface area contributed by atoms with E-state index in [-0.39, 0.29) is 31.7 Å². The van der Waals surface area contributed by atoms with Crippen LogP contribution in [-0.4, -0.2) is 19.5 Å². The van der Waals surface area contributed by atoms with E-state index in [4.69, 9.17) is 5.73 Å². The summed E-state index contributed by atoms with van der Waals surface area (Å²) in [6.07, 6.45) is -4.90. The van der Waals surface area contributed by atoms with Gasteiger partial charge >= 0.3 is 6.18 Å². The maximum absolute atomic E-state index is 14.7. The second kappa shape index (κ2) is 5.24. The van der Waals surface area contributed by atoms with Crippen LogP contribution in [0.25, 0.3) is 0 Å². The molecule has 0 spiro atoms. The van der Waals surface area contributed by atoms with Crippen molar-refractivity contribution in [1.29, 1.82) is 0 Å². The molecule has 0 amide bonds. The van der Waals surface area contributed by atoms with Crippen LogP contribution in [0.15, 0.2) is 29.2 Å². The number of hydrogen-bond acceptors (Lipinski definition) is 3. The molecule has 2 N–H and O–H groups in total. The number of alkyl halides is 4. The lowest BCUT2D eigenvalue weighted by molar-refractivity contribution is -0.137. The number of nitrogens with two attached hydrogens (primary N) is 1. The van der Waals surface area contributed by atoms with E-state index in [0.29, 0.717) is 6.07 Å². The SMILES string of the molecule is NC1CCC(F)(S(=O)(=O)c2cccc(C(F)(F)F)c2)CC1. The molecule has 118 valence electrons. The summed E-state index contributed by atoms with van der Waals surface area (Å²) in [5.41, 5.74) is 4.50. The summed E-state index contributed by atoms with van der Waals surface area (Å²) in [4.78, 5) is -0.643. The van der Waals surface area contributed by atoms with E-state index < -0.39 is 31.5 Å². The minimum atomic E-state index is -4.68. The van der Waals surface area contributed by atoms with Gasteiger partial charge in [-0.05, 0) is 43.9 Å². The van der Waals surface area contributed by atoms with Crippen molar-refractivity contribution >= 4 is 9.84 Å². The van der Waals surface area contributed by atoms with Crippen molar-refractivity contribution in [2.75, 3.05) is 0 Å². The Morgan fingerprint density at radius 3 is 2.29 bits per heavy atom. The quantitative estimate of drug-likeness (QED) is 0.850. The number of hydrogen-bond donors (Lipinski definition) is 1. The third-order valence-corrected chi connectivity index (χ3v) is 5.98. The minimum Gasteiger partial charge on any atom is -0.328 e. The topological polar surface area (TPSA) is 60.2 Å². The first-order chi connectivity index (χ1) is 9.56. The molecule has 0 heterocycles. The average molecular weight is 325 g/mol. The van der Waals surface area contributed by atoms with Crippen LogP contribution in [0.3, 0.4) is 0 Å². The zero-order valence-electron chi connectivity index (χ0n) is 11.0. The van der Waals surface area contributed by atoms with E-state index >= 15 is 0 Å². The predicted octanol–water partition coefficient (Wildman–Crippen LogP) is 3.05. The molecular weight excluding hydrogens is 310 g/mol. The molecular formula is C13H15F4NO2S. The minimum absolute atomic E-state index is 0.189. The van der Waals surface area contributed by atoms with Gasteiger partial charge in [-0.25, -0.2) is 12.8 Å². The first kappa shape index (κ1) is 16.2. The van der Waals surface area contributed by atoms with E-state index in [1.165, 1.54) is 0 Å². The molecule has 0 atom stereocenters. The van der Waals surface area contributed by atoms with Crippen LogP contribution < -0.4 is 5.73 Å². The van der Waals surface area contributed by atoms with Gasteiger partial charge in [0, 0.05) is 6.04 Å². The van der Waals surface area contributed by atoms with Crippen molar-refractivity contribution < 1.29 is 26.0 Å². The highest BCUT2D eigenvalue weighted by molar-refractivity contribution is 7.92. The monoisotopic (exact) mass is 325 g/mol. The summed E-state index contributed by atoms with van der Waals surface area (Å²) in [5.74, 6) is 0. The number of benzene rings is 1. The Hall–Kier alpha value is -1.15. The van der Waals surface area contributed by atoms with E-state index in [1.54, 1.807) is 0 Å². The van der Waals surface area contributed by atoms with Gasteiger partial charge in [-0.15, -0.1) is 0 Å². The van der Waals surface area contributed by atoms with Gasteiger partial charge in [0.25, 0.3) is 0 Å². The zero-order valence-corrected chi connectivity index (χ0v) is 11.8. The summed E-state index contributed by atoms with van der Waals surface area (Å²) >= 11 is 0. The highest BCUT2D eigenvalue weighted by Crippen LogP contribution is 2.41. The highest BCUT2D eigenvalue weighted by atomic mass is 32.2. The Bertz CT molecular complexity index is 619. The van der Waals surface area contributed by atoms with Crippen LogP contribution in [0.5, 0.6) is 0 Å². The van der Waals surface area contributed by atoms with Crippen LogP contribution >= 0.6 is 0 Å². The molecule has 1 aromatic rings. The van der Waals surface area contributed by atoms with Crippen LogP contribution in [0, 0.1) is 0 Å². The molecule has 2 rings (SSSR count). The van der Waals surface area contributed by atoms with Crippen LogP contribution in [0.1, 0.15) is 31.2 Å². The Morgan fingerprint density at radius 2 is 1.76 bits per heavy atom. The van der Waals surface area contributed by atoms with Crippen molar-refractivity contribution in [3.8, 4) is 0 Å². The van der Waals surface area contributed by atoms with Gasteiger partial charge in [0.15, 0.2) is 0 Å².